The highest BCUT2D eigenvalue weighted by Gasteiger charge is 2.27. The van der Waals surface area contributed by atoms with E-state index in [0.29, 0.717) is 6.61 Å². The molecule has 0 spiro atoms. The summed E-state index contributed by atoms with van der Waals surface area (Å²) in [6, 6.07) is 18.3. The molecule has 1 atom stereocenters. The van der Waals surface area contributed by atoms with Crippen molar-refractivity contribution in [3.05, 3.63) is 83.4 Å². The van der Waals surface area contributed by atoms with E-state index in [1.54, 1.807) is 0 Å². The number of nitrogens with one attached hydrogen (secondary N) is 1. The lowest BCUT2D eigenvalue weighted by Gasteiger charge is -2.34. The van der Waals surface area contributed by atoms with E-state index < -0.39 is 0 Å². The average Bonchev–Trinajstić information content (AvgIpc) is 3.25. The Balaban J connectivity index is 1.39. The van der Waals surface area contributed by atoms with Crippen molar-refractivity contribution in [1.82, 2.24) is 19.9 Å². The van der Waals surface area contributed by atoms with Crippen LogP contribution in [0, 0.1) is 0 Å². The molecular formula is C23H21ClN4O. The predicted octanol–water partition coefficient (Wildman–Crippen LogP) is 4.85. The SMILES string of the molecule is Clc1ccc(-c2cnc(C3COCCN3Cc3cnc4ccccc4c3)[nH]2)cc1. The number of pyridine rings is 1. The second-order valence-electron chi connectivity index (χ2n) is 7.29. The van der Waals surface area contributed by atoms with Crippen LogP contribution in [0.3, 0.4) is 0 Å². The largest absolute Gasteiger partial charge is 0.378 e. The van der Waals surface area contributed by atoms with E-state index in [2.05, 4.69) is 32.0 Å². The van der Waals surface area contributed by atoms with Crippen molar-refractivity contribution >= 4 is 22.5 Å². The third kappa shape index (κ3) is 3.90. The zero-order valence-electron chi connectivity index (χ0n) is 15.9. The molecule has 2 aromatic carbocycles. The number of ether oxygens (including phenoxy) is 1. The van der Waals surface area contributed by atoms with Gasteiger partial charge in [0, 0.05) is 29.7 Å². The van der Waals surface area contributed by atoms with Gasteiger partial charge in [0.1, 0.15) is 5.82 Å². The highest BCUT2D eigenvalue weighted by Crippen LogP contribution is 2.27. The summed E-state index contributed by atoms with van der Waals surface area (Å²) in [5.74, 6) is 0.920. The fourth-order valence-corrected chi connectivity index (χ4v) is 3.92. The first kappa shape index (κ1) is 18.3. The number of hydrogen-bond acceptors (Lipinski definition) is 4. The first-order valence-corrected chi connectivity index (χ1v) is 10.1. The van der Waals surface area contributed by atoms with Crippen molar-refractivity contribution in [1.29, 1.82) is 0 Å². The molecule has 0 saturated carbocycles. The van der Waals surface area contributed by atoms with Gasteiger partial charge in [-0.15, -0.1) is 0 Å². The number of imidazole rings is 1. The van der Waals surface area contributed by atoms with Crippen molar-refractivity contribution in [3.63, 3.8) is 0 Å². The number of nitrogens with zero attached hydrogens (tertiary/aromatic N) is 3. The molecule has 146 valence electrons. The molecule has 5 nitrogen and oxygen atoms in total. The van der Waals surface area contributed by atoms with Crippen molar-refractivity contribution in [3.8, 4) is 11.3 Å². The van der Waals surface area contributed by atoms with E-state index in [0.717, 1.165) is 52.7 Å². The zero-order valence-corrected chi connectivity index (χ0v) is 16.6. The first-order chi connectivity index (χ1) is 14.3. The van der Waals surface area contributed by atoms with Crippen molar-refractivity contribution in [2.75, 3.05) is 19.8 Å². The molecule has 4 aromatic rings. The molecule has 1 unspecified atom stereocenters. The fraction of sp³-hybridized carbons (Fsp3) is 0.217. The zero-order chi connectivity index (χ0) is 19.6. The van der Waals surface area contributed by atoms with Crippen LogP contribution < -0.4 is 0 Å². The maximum Gasteiger partial charge on any atom is 0.126 e. The van der Waals surface area contributed by atoms with Gasteiger partial charge in [0.05, 0.1) is 36.7 Å². The summed E-state index contributed by atoms with van der Waals surface area (Å²) >= 11 is 6.00. The fourth-order valence-electron chi connectivity index (χ4n) is 3.80. The molecule has 1 aliphatic rings. The smallest absolute Gasteiger partial charge is 0.126 e. The number of benzene rings is 2. The lowest BCUT2D eigenvalue weighted by Crippen LogP contribution is -2.39. The number of rotatable bonds is 4. The lowest BCUT2D eigenvalue weighted by molar-refractivity contribution is -0.0156. The maximum atomic E-state index is 6.00. The minimum atomic E-state index is 0.0799. The summed E-state index contributed by atoms with van der Waals surface area (Å²) in [4.78, 5) is 15.1. The van der Waals surface area contributed by atoms with Crippen molar-refractivity contribution < 1.29 is 4.74 Å². The molecule has 0 bridgehead atoms. The minimum absolute atomic E-state index is 0.0799. The number of fused-ring (bicyclic) bond motifs is 1. The predicted molar refractivity (Wildman–Crippen MR) is 115 cm³/mol. The quantitative estimate of drug-likeness (QED) is 0.528. The Morgan fingerprint density at radius 2 is 1.93 bits per heavy atom. The number of halogens is 1. The van der Waals surface area contributed by atoms with Crippen LogP contribution in [0.5, 0.6) is 0 Å². The third-order valence-electron chi connectivity index (χ3n) is 5.34. The van der Waals surface area contributed by atoms with Gasteiger partial charge in [-0.25, -0.2) is 4.98 Å². The van der Waals surface area contributed by atoms with Gasteiger partial charge in [0.15, 0.2) is 0 Å². The monoisotopic (exact) mass is 404 g/mol. The summed E-state index contributed by atoms with van der Waals surface area (Å²) < 4.78 is 5.77. The van der Waals surface area contributed by atoms with Gasteiger partial charge < -0.3 is 9.72 Å². The number of hydrogen-bond donors (Lipinski definition) is 1. The minimum Gasteiger partial charge on any atom is -0.378 e. The summed E-state index contributed by atoms with van der Waals surface area (Å²) in [5, 5.41) is 1.89. The maximum absolute atomic E-state index is 6.00. The standard InChI is InChI=1S/C23H21ClN4O/c24-19-7-5-17(6-8-19)21-13-26-23(27-21)22-15-29-10-9-28(22)14-16-11-18-3-1-2-4-20(18)25-12-16/h1-8,11-13,22H,9-10,14-15H2,(H,26,27). The van der Waals surface area contributed by atoms with E-state index in [1.807, 2.05) is 54.9 Å². The number of para-hydroxylation sites is 1. The lowest BCUT2D eigenvalue weighted by atomic mass is 10.1. The third-order valence-corrected chi connectivity index (χ3v) is 5.59. The van der Waals surface area contributed by atoms with Crippen molar-refractivity contribution in [2.24, 2.45) is 0 Å². The van der Waals surface area contributed by atoms with E-state index in [4.69, 9.17) is 16.3 Å². The highest BCUT2D eigenvalue weighted by atomic mass is 35.5. The van der Waals surface area contributed by atoms with E-state index in [1.165, 1.54) is 5.56 Å². The van der Waals surface area contributed by atoms with Gasteiger partial charge in [0.25, 0.3) is 0 Å². The average molecular weight is 405 g/mol. The summed E-state index contributed by atoms with van der Waals surface area (Å²) in [6.07, 6.45) is 3.85. The Kier molecular flexibility index (Phi) is 5.02. The number of aromatic amines is 1. The summed E-state index contributed by atoms with van der Waals surface area (Å²) in [7, 11) is 0. The van der Waals surface area contributed by atoms with Gasteiger partial charge in [0.2, 0.25) is 0 Å². The van der Waals surface area contributed by atoms with Crippen LogP contribution >= 0.6 is 11.6 Å². The molecule has 1 fully saturated rings. The summed E-state index contributed by atoms with van der Waals surface area (Å²) in [5.41, 5.74) is 4.26. The molecule has 29 heavy (non-hydrogen) atoms. The topological polar surface area (TPSA) is 54.0 Å². The van der Waals surface area contributed by atoms with Crippen LogP contribution in [0.25, 0.3) is 22.2 Å². The summed E-state index contributed by atoms with van der Waals surface area (Å²) in [6.45, 7) is 3.01. The number of morpholine rings is 1. The number of aromatic nitrogens is 3. The van der Waals surface area contributed by atoms with Crippen LogP contribution in [0.4, 0.5) is 0 Å². The molecule has 1 N–H and O–H groups in total. The van der Waals surface area contributed by atoms with E-state index in [-0.39, 0.29) is 6.04 Å². The second-order valence-corrected chi connectivity index (χ2v) is 7.72. The Bertz CT molecular complexity index is 1130. The van der Waals surface area contributed by atoms with E-state index >= 15 is 0 Å². The van der Waals surface area contributed by atoms with Gasteiger partial charge in [-0.3, -0.25) is 9.88 Å². The van der Waals surface area contributed by atoms with Crippen LogP contribution in [0.1, 0.15) is 17.4 Å². The molecule has 6 heteroatoms. The Morgan fingerprint density at radius 3 is 2.83 bits per heavy atom. The molecule has 1 aliphatic heterocycles. The van der Waals surface area contributed by atoms with Crippen LogP contribution in [0.2, 0.25) is 5.02 Å². The molecule has 0 radical (unpaired) electrons. The van der Waals surface area contributed by atoms with Crippen molar-refractivity contribution in [2.45, 2.75) is 12.6 Å². The van der Waals surface area contributed by atoms with E-state index in [9.17, 15) is 0 Å². The molecule has 0 aliphatic carbocycles. The van der Waals surface area contributed by atoms with Crippen LogP contribution in [-0.2, 0) is 11.3 Å². The van der Waals surface area contributed by atoms with Gasteiger partial charge in [-0.1, -0.05) is 41.9 Å². The normalized spacial score (nSPS) is 17.6. The Hall–Kier alpha value is -2.73. The Morgan fingerprint density at radius 1 is 1.07 bits per heavy atom. The molecule has 2 aromatic heterocycles. The van der Waals surface area contributed by atoms with Gasteiger partial charge >= 0.3 is 0 Å². The van der Waals surface area contributed by atoms with Crippen LogP contribution in [-0.4, -0.2) is 39.6 Å². The molecule has 3 heterocycles. The molecule has 1 saturated heterocycles. The van der Waals surface area contributed by atoms with Crippen LogP contribution in [0.15, 0.2) is 67.0 Å². The van der Waals surface area contributed by atoms with Gasteiger partial charge in [-0.2, -0.15) is 0 Å². The first-order valence-electron chi connectivity index (χ1n) is 9.72. The molecule has 5 rings (SSSR count). The highest BCUT2D eigenvalue weighted by molar-refractivity contribution is 6.30. The number of H-pyrrole nitrogens is 1. The van der Waals surface area contributed by atoms with Gasteiger partial charge in [-0.05, 0) is 35.4 Å². The Labute approximate surface area is 174 Å². The second kappa shape index (κ2) is 7.95. The molecular weight excluding hydrogens is 384 g/mol. The molecule has 0 amide bonds.